The number of unbranched alkanes of at least 4 members (excludes halogenated alkanes) is 2. The van der Waals surface area contributed by atoms with Crippen molar-refractivity contribution in [1.82, 2.24) is 0 Å². The van der Waals surface area contributed by atoms with Crippen molar-refractivity contribution in [3.8, 4) is 0 Å². The van der Waals surface area contributed by atoms with E-state index in [1.54, 1.807) is 0 Å². The molecule has 11 heavy (non-hydrogen) atoms. The van der Waals surface area contributed by atoms with Gasteiger partial charge in [0.25, 0.3) is 0 Å². The maximum atomic E-state index is 9.53. The molecule has 0 aromatic carbocycles. The third kappa shape index (κ3) is 37.6. The van der Waals surface area contributed by atoms with Crippen molar-refractivity contribution >= 4 is 17.6 Å². The molecule has 0 saturated heterocycles. The summed E-state index contributed by atoms with van der Waals surface area (Å²) in [5.74, 6) is 0. The molecule has 0 aromatic rings. The zero-order valence-electron chi connectivity index (χ0n) is 7.56. The van der Waals surface area contributed by atoms with Crippen molar-refractivity contribution < 1.29 is 10.2 Å². The van der Waals surface area contributed by atoms with Crippen molar-refractivity contribution in [3.63, 3.8) is 0 Å². The predicted molar refractivity (Wildman–Crippen MR) is 45.3 cm³/mol. The minimum absolute atomic E-state index is 0. The van der Waals surface area contributed by atoms with Crippen molar-refractivity contribution in [1.29, 1.82) is 0 Å². The van der Waals surface area contributed by atoms with Gasteiger partial charge in [0.15, 0.2) is 0 Å². The van der Waals surface area contributed by atoms with Gasteiger partial charge in [0.1, 0.15) is 0 Å². The van der Waals surface area contributed by atoms with Crippen LogP contribution >= 0.6 is 0 Å². The second kappa shape index (κ2) is 22.4. The molecule has 0 rings (SSSR count). The minimum Gasteiger partial charge on any atom is -0.854 e. The fourth-order valence-electron chi connectivity index (χ4n) is 0.289. The summed E-state index contributed by atoms with van der Waals surface area (Å²) in [7, 11) is 0. The van der Waals surface area contributed by atoms with E-state index >= 15 is 0 Å². The SMILES string of the molecule is CCCC[O-].CCCC[O-].[Ge+2]. The number of hydrogen-bond donors (Lipinski definition) is 0. The Morgan fingerprint density at radius 3 is 1.09 bits per heavy atom. The van der Waals surface area contributed by atoms with Crippen LogP contribution in [0.4, 0.5) is 0 Å². The molecule has 0 fully saturated rings. The smallest absolute Gasteiger partial charge is 0.854 e. The Labute approximate surface area is 81.0 Å². The minimum atomic E-state index is 0. The quantitative estimate of drug-likeness (QED) is 0.620. The van der Waals surface area contributed by atoms with Gasteiger partial charge in [0.05, 0.1) is 0 Å². The molecule has 0 amide bonds. The predicted octanol–water partition coefficient (Wildman–Crippen LogP) is -0.0872. The molecule has 66 valence electrons. The van der Waals surface area contributed by atoms with Crippen LogP contribution in [-0.2, 0) is 0 Å². The third-order valence-corrected chi connectivity index (χ3v) is 0.996. The molecule has 2 nitrogen and oxygen atoms in total. The molecule has 0 bridgehead atoms. The first-order valence-electron chi connectivity index (χ1n) is 3.99. The van der Waals surface area contributed by atoms with E-state index in [2.05, 4.69) is 0 Å². The van der Waals surface area contributed by atoms with E-state index in [4.69, 9.17) is 0 Å². The van der Waals surface area contributed by atoms with E-state index < -0.39 is 0 Å². The molecule has 0 N–H and O–H groups in total. The van der Waals surface area contributed by atoms with Gasteiger partial charge in [-0.25, -0.2) is 0 Å². The average Bonchev–Trinajstić information content (AvgIpc) is 1.93. The summed E-state index contributed by atoms with van der Waals surface area (Å²) in [5, 5.41) is 19.1. The van der Waals surface area contributed by atoms with Crippen LogP contribution in [0.2, 0.25) is 0 Å². The van der Waals surface area contributed by atoms with Gasteiger partial charge in [0.2, 0.25) is 0 Å². The van der Waals surface area contributed by atoms with Crippen LogP contribution in [0.1, 0.15) is 39.5 Å². The Balaban J connectivity index is -0.000000107. The van der Waals surface area contributed by atoms with E-state index in [1.807, 2.05) is 13.8 Å². The Bertz CT molecular complexity index is 33.1. The van der Waals surface area contributed by atoms with E-state index in [1.165, 1.54) is 0 Å². The second-order valence-electron chi connectivity index (χ2n) is 2.12. The molecule has 0 spiro atoms. The van der Waals surface area contributed by atoms with E-state index in [9.17, 15) is 10.2 Å². The molecule has 0 atom stereocenters. The fourth-order valence-corrected chi connectivity index (χ4v) is 0.289. The summed E-state index contributed by atoms with van der Waals surface area (Å²) < 4.78 is 0. The van der Waals surface area contributed by atoms with Crippen LogP contribution in [0.5, 0.6) is 0 Å². The van der Waals surface area contributed by atoms with Crippen LogP contribution in [0, 0.1) is 0 Å². The monoisotopic (exact) mass is 220 g/mol. The zero-order chi connectivity index (χ0) is 8.24. The number of hydrogen-bond acceptors (Lipinski definition) is 2. The summed E-state index contributed by atoms with van der Waals surface area (Å²) in [6.45, 7) is 4.21. The van der Waals surface area contributed by atoms with E-state index in [0.29, 0.717) is 0 Å². The summed E-state index contributed by atoms with van der Waals surface area (Å²) in [6, 6.07) is 0. The van der Waals surface area contributed by atoms with Gasteiger partial charge in [0, 0.05) is 0 Å². The zero-order valence-corrected chi connectivity index (χ0v) is 9.66. The topological polar surface area (TPSA) is 46.1 Å². The van der Waals surface area contributed by atoms with Crippen LogP contribution in [0.25, 0.3) is 0 Å². The van der Waals surface area contributed by atoms with Crippen molar-refractivity contribution in [2.24, 2.45) is 0 Å². The van der Waals surface area contributed by atoms with E-state index in [-0.39, 0.29) is 30.8 Å². The average molecular weight is 219 g/mol. The molecular weight excluding hydrogens is 201 g/mol. The summed E-state index contributed by atoms with van der Waals surface area (Å²) >= 11 is 0. The van der Waals surface area contributed by atoms with Crippen molar-refractivity contribution in [2.45, 2.75) is 39.5 Å². The molecule has 0 aliphatic rings. The maximum absolute atomic E-state index is 9.53. The Kier molecular flexibility index (Phi) is 35.7. The van der Waals surface area contributed by atoms with Crippen LogP contribution < -0.4 is 10.2 Å². The normalized spacial score (nSPS) is 7.64. The molecule has 2 radical (unpaired) electrons. The second-order valence-corrected chi connectivity index (χ2v) is 2.12. The van der Waals surface area contributed by atoms with Gasteiger partial charge in [-0.05, 0) is 0 Å². The first kappa shape index (κ1) is 17.5. The fraction of sp³-hybridized carbons (Fsp3) is 1.00. The molecule has 0 aliphatic carbocycles. The van der Waals surface area contributed by atoms with Crippen LogP contribution in [0.15, 0.2) is 0 Å². The Hall–Kier alpha value is 0.463. The summed E-state index contributed by atoms with van der Waals surface area (Å²) in [4.78, 5) is 0. The summed E-state index contributed by atoms with van der Waals surface area (Å²) in [5.41, 5.74) is 0. The maximum Gasteiger partial charge on any atom is 2.00 e. The molecular formula is C8H18GeO2. The van der Waals surface area contributed by atoms with Crippen molar-refractivity contribution in [2.75, 3.05) is 13.2 Å². The third-order valence-electron chi connectivity index (χ3n) is 0.996. The van der Waals surface area contributed by atoms with Crippen LogP contribution in [0.3, 0.4) is 0 Å². The van der Waals surface area contributed by atoms with Crippen molar-refractivity contribution in [3.05, 3.63) is 0 Å². The molecule has 0 heterocycles. The summed E-state index contributed by atoms with van der Waals surface area (Å²) in [6.07, 6.45) is 3.73. The van der Waals surface area contributed by atoms with Gasteiger partial charge in [-0.1, -0.05) is 39.5 Å². The first-order chi connectivity index (χ1) is 4.83. The molecule has 3 heteroatoms. The van der Waals surface area contributed by atoms with E-state index in [0.717, 1.165) is 25.7 Å². The van der Waals surface area contributed by atoms with Gasteiger partial charge in [-0.2, -0.15) is 0 Å². The van der Waals surface area contributed by atoms with Gasteiger partial charge >= 0.3 is 17.6 Å². The van der Waals surface area contributed by atoms with Gasteiger partial charge < -0.3 is 10.2 Å². The molecule has 0 aliphatic heterocycles. The number of rotatable bonds is 4. The standard InChI is InChI=1S/2C4H9O.Ge/c2*1-2-3-4-5;/h2*2-4H2,1H3;/q2*-1;+2. The molecule has 0 unspecified atom stereocenters. The largest absolute Gasteiger partial charge is 2.00 e. The first-order valence-corrected chi connectivity index (χ1v) is 3.99. The Morgan fingerprint density at radius 1 is 0.818 bits per heavy atom. The Morgan fingerprint density at radius 2 is 1.09 bits per heavy atom. The molecule has 0 saturated carbocycles. The van der Waals surface area contributed by atoms with Gasteiger partial charge in [-0.15, -0.1) is 13.2 Å². The van der Waals surface area contributed by atoms with Crippen LogP contribution in [-0.4, -0.2) is 30.8 Å². The molecule has 0 aromatic heterocycles. The van der Waals surface area contributed by atoms with Gasteiger partial charge in [-0.3, -0.25) is 0 Å².